The van der Waals surface area contributed by atoms with Crippen LogP contribution in [-0.4, -0.2) is 42.3 Å². The predicted octanol–water partition coefficient (Wildman–Crippen LogP) is 7.11. The van der Waals surface area contributed by atoms with Crippen LogP contribution < -0.4 is 0 Å². The third-order valence-electron chi connectivity index (χ3n) is 7.13. The molecule has 6 heteroatoms. The molecule has 5 nitrogen and oxygen atoms in total. The lowest BCUT2D eigenvalue weighted by Crippen LogP contribution is -2.33. The van der Waals surface area contributed by atoms with Gasteiger partial charge in [0.1, 0.15) is 0 Å². The first-order valence-corrected chi connectivity index (χ1v) is 13.9. The topological polar surface area (TPSA) is 63.7 Å². The molecule has 0 spiro atoms. The summed E-state index contributed by atoms with van der Waals surface area (Å²) in [5.74, 6) is -0.314. The quantitative estimate of drug-likeness (QED) is 0.147. The fraction of sp³-hybridized carbons (Fsp3) is 0.303. The van der Waals surface area contributed by atoms with Crippen molar-refractivity contribution >= 4 is 29.3 Å². The minimum atomic E-state index is -0.355. The van der Waals surface area contributed by atoms with Gasteiger partial charge in [-0.05, 0) is 84.3 Å². The number of ether oxygens (including phenoxy) is 1. The summed E-state index contributed by atoms with van der Waals surface area (Å²) in [6.07, 6.45) is 8.19. The van der Waals surface area contributed by atoms with Gasteiger partial charge in [-0.2, -0.15) is 0 Å². The van der Waals surface area contributed by atoms with E-state index in [4.69, 9.17) is 16.3 Å². The molecule has 1 saturated heterocycles. The van der Waals surface area contributed by atoms with E-state index < -0.39 is 0 Å². The number of hydrogen-bond donors (Lipinski definition) is 0. The molecule has 0 unspecified atom stereocenters. The molecule has 3 aromatic carbocycles. The van der Waals surface area contributed by atoms with Gasteiger partial charge in [0, 0.05) is 23.6 Å². The molecule has 1 fully saturated rings. The average molecular weight is 544 g/mol. The van der Waals surface area contributed by atoms with Crippen LogP contribution in [0.15, 0.2) is 78.9 Å². The molecule has 1 heterocycles. The zero-order chi connectivity index (χ0) is 27.8. The third-order valence-corrected chi connectivity index (χ3v) is 7.36. The number of carbonyl (C=O) groups excluding carboxylic acids is 3. The Morgan fingerprint density at radius 1 is 1.03 bits per heavy atom. The first-order valence-electron chi connectivity index (χ1n) is 13.5. The number of likely N-dealkylation sites (tertiary alicyclic amines) is 1. The highest BCUT2D eigenvalue weighted by atomic mass is 35.5. The highest BCUT2D eigenvalue weighted by molar-refractivity contribution is 6.30. The monoisotopic (exact) mass is 543 g/mol. The van der Waals surface area contributed by atoms with Crippen LogP contribution in [0.25, 0.3) is 11.1 Å². The van der Waals surface area contributed by atoms with Gasteiger partial charge in [0.25, 0.3) is 0 Å². The molecule has 39 heavy (non-hydrogen) atoms. The van der Waals surface area contributed by atoms with E-state index in [-0.39, 0.29) is 23.7 Å². The Balaban J connectivity index is 1.39. The van der Waals surface area contributed by atoms with Gasteiger partial charge in [-0.1, -0.05) is 67.4 Å². The molecular formula is C33H34ClNO4. The number of carbonyl (C=O) groups is 3. The molecule has 1 amide bonds. The van der Waals surface area contributed by atoms with Gasteiger partial charge in [-0.15, -0.1) is 0 Å². The number of rotatable bonds is 11. The maximum Gasteiger partial charge on any atom is 0.337 e. The summed E-state index contributed by atoms with van der Waals surface area (Å²) in [5, 5.41) is 0.713. The normalized spacial score (nSPS) is 15.2. The second kappa shape index (κ2) is 13.4. The number of allylic oxidation sites excluding steroid dienone is 1. The van der Waals surface area contributed by atoms with E-state index >= 15 is 0 Å². The number of aryl methyl sites for hydroxylation is 2. The predicted molar refractivity (Wildman–Crippen MR) is 155 cm³/mol. The fourth-order valence-corrected chi connectivity index (χ4v) is 5.27. The van der Waals surface area contributed by atoms with Crippen LogP contribution in [0.3, 0.4) is 0 Å². The second-order valence-corrected chi connectivity index (χ2v) is 10.3. The van der Waals surface area contributed by atoms with E-state index in [2.05, 4.69) is 6.92 Å². The maximum atomic E-state index is 13.1. The Labute approximate surface area is 235 Å². The van der Waals surface area contributed by atoms with E-state index in [0.29, 0.717) is 35.5 Å². The first kappa shape index (κ1) is 28.3. The molecule has 4 rings (SSSR count). The van der Waals surface area contributed by atoms with Crippen LogP contribution in [0.4, 0.5) is 0 Å². The van der Waals surface area contributed by atoms with E-state index in [1.807, 2.05) is 65.6 Å². The van der Waals surface area contributed by atoms with Crippen LogP contribution in [0.5, 0.6) is 0 Å². The molecule has 0 radical (unpaired) electrons. The van der Waals surface area contributed by atoms with Crippen LogP contribution in [0, 0.1) is 0 Å². The Hall–Kier alpha value is -3.70. The molecule has 0 saturated carbocycles. The number of nitrogens with zero attached hydrogens (tertiary/aromatic N) is 1. The number of esters is 1. The maximum absolute atomic E-state index is 13.1. The number of hydrogen-bond acceptors (Lipinski definition) is 4. The van der Waals surface area contributed by atoms with Crippen molar-refractivity contribution in [2.45, 2.75) is 51.5 Å². The Morgan fingerprint density at radius 2 is 1.82 bits per heavy atom. The minimum absolute atomic E-state index is 0.0761. The zero-order valence-electron chi connectivity index (χ0n) is 22.5. The Morgan fingerprint density at radius 3 is 2.56 bits per heavy atom. The highest BCUT2D eigenvalue weighted by Gasteiger charge is 2.28. The van der Waals surface area contributed by atoms with Gasteiger partial charge >= 0.3 is 5.97 Å². The minimum Gasteiger partial charge on any atom is -0.465 e. The van der Waals surface area contributed by atoms with Gasteiger partial charge in [-0.3, -0.25) is 9.59 Å². The van der Waals surface area contributed by atoms with Gasteiger partial charge in [0.2, 0.25) is 5.91 Å². The van der Waals surface area contributed by atoms with Crippen molar-refractivity contribution in [1.82, 2.24) is 4.90 Å². The van der Waals surface area contributed by atoms with Gasteiger partial charge in [0.15, 0.2) is 5.78 Å². The molecule has 0 aromatic heterocycles. The van der Waals surface area contributed by atoms with Gasteiger partial charge in [0.05, 0.1) is 18.7 Å². The Kier molecular flexibility index (Phi) is 9.72. The molecule has 1 aliphatic rings. The van der Waals surface area contributed by atoms with Crippen LogP contribution in [-0.2, 0) is 22.4 Å². The van der Waals surface area contributed by atoms with Crippen molar-refractivity contribution < 1.29 is 19.1 Å². The lowest BCUT2D eigenvalue weighted by molar-refractivity contribution is -0.128. The lowest BCUT2D eigenvalue weighted by Gasteiger charge is -2.22. The molecule has 3 aromatic rings. The van der Waals surface area contributed by atoms with E-state index in [9.17, 15) is 14.4 Å². The number of halogens is 1. The van der Waals surface area contributed by atoms with Crippen molar-refractivity contribution in [1.29, 1.82) is 0 Å². The second-order valence-electron chi connectivity index (χ2n) is 9.84. The van der Waals surface area contributed by atoms with Crippen LogP contribution >= 0.6 is 11.6 Å². The van der Waals surface area contributed by atoms with Crippen molar-refractivity contribution in [3.8, 4) is 11.1 Å². The zero-order valence-corrected chi connectivity index (χ0v) is 23.2. The highest BCUT2D eigenvalue weighted by Crippen LogP contribution is 2.29. The molecule has 202 valence electrons. The molecule has 1 atom stereocenters. The molecular weight excluding hydrogens is 510 g/mol. The first-order chi connectivity index (χ1) is 18.9. The summed E-state index contributed by atoms with van der Waals surface area (Å²) < 4.78 is 4.74. The summed E-state index contributed by atoms with van der Waals surface area (Å²) in [5.41, 5.74) is 5.49. The number of amides is 1. The summed E-state index contributed by atoms with van der Waals surface area (Å²) in [6.45, 7) is 2.75. The summed E-state index contributed by atoms with van der Waals surface area (Å²) in [7, 11) is 1.36. The fourth-order valence-electron chi connectivity index (χ4n) is 5.08. The standard InChI is InChI=1S/C33H34ClNO4/c1-3-6-25-22-28(34)14-17-30(25)26-8-4-9-27(21-26)31(36)18-15-29-16-19-32(37)35(29)20-5-7-23-10-12-24(13-11-23)33(38)39-2/h4,8-15,17-18,21-22,29H,3,5-7,16,19-20H2,1-2H3/b18-15+/t29-/m0/s1. The lowest BCUT2D eigenvalue weighted by atomic mass is 9.95. The van der Waals surface area contributed by atoms with Crippen molar-refractivity contribution in [2.75, 3.05) is 13.7 Å². The average Bonchev–Trinajstić information content (AvgIpc) is 3.30. The number of methoxy groups -OCH3 is 1. The van der Waals surface area contributed by atoms with E-state index in [1.165, 1.54) is 12.7 Å². The summed E-state index contributed by atoms with van der Waals surface area (Å²) >= 11 is 6.22. The summed E-state index contributed by atoms with van der Waals surface area (Å²) in [4.78, 5) is 39.1. The Bertz CT molecular complexity index is 1360. The third kappa shape index (κ3) is 7.24. The van der Waals surface area contributed by atoms with E-state index in [1.54, 1.807) is 18.2 Å². The molecule has 0 bridgehead atoms. The van der Waals surface area contributed by atoms with Gasteiger partial charge < -0.3 is 9.64 Å². The largest absolute Gasteiger partial charge is 0.465 e. The van der Waals surface area contributed by atoms with Crippen molar-refractivity contribution in [3.05, 3.63) is 106 Å². The van der Waals surface area contributed by atoms with Crippen LogP contribution in [0.1, 0.15) is 64.4 Å². The van der Waals surface area contributed by atoms with Crippen LogP contribution in [0.2, 0.25) is 5.02 Å². The number of ketones is 1. The van der Waals surface area contributed by atoms with Crippen molar-refractivity contribution in [2.24, 2.45) is 0 Å². The van der Waals surface area contributed by atoms with Gasteiger partial charge in [-0.25, -0.2) is 4.79 Å². The number of benzene rings is 3. The smallest absolute Gasteiger partial charge is 0.337 e. The van der Waals surface area contributed by atoms with Crippen molar-refractivity contribution in [3.63, 3.8) is 0 Å². The molecule has 1 aliphatic heterocycles. The molecule has 0 aliphatic carbocycles. The SMILES string of the molecule is CCCc1cc(Cl)ccc1-c1cccc(C(=O)/C=C/[C@H]2CCC(=O)N2CCCc2ccc(C(=O)OC)cc2)c1. The molecule has 0 N–H and O–H groups in total. The summed E-state index contributed by atoms with van der Waals surface area (Å²) in [6, 6.07) is 20.8. The van der Waals surface area contributed by atoms with E-state index in [0.717, 1.165) is 42.4 Å².